The lowest BCUT2D eigenvalue weighted by Crippen LogP contribution is -2.17. The Labute approximate surface area is 126 Å². The highest BCUT2D eigenvalue weighted by molar-refractivity contribution is 9.10. The molecule has 2 N–H and O–H groups in total. The van der Waals surface area contributed by atoms with Gasteiger partial charge in [0.25, 0.3) is 10.0 Å². The molecular formula is C13H15BrN2O3S. The first-order valence-electron chi connectivity index (χ1n) is 5.99. The highest BCUT2D eigenvalue weighted by Gasteiger charge is 2.15. The van der Waals surface area contributed by atoms with Crippen LogP contribution in [-0.4, -0.2) is 15.5 Å². The Bertz CT molecular complexity index is 682. The van der Waals surface area contributed by atoms with E-state index in [1.807, 2.05) is 24.3 Å². The predicted molar refractivity (Wildman–Crippen MR) is 79.6 cm³/mol. The van der Waals surface area contributed by atoms with Crippen molar-refractivity contribution in [3.63, 3.8) is 0 Å². The van der Waals surface area contributed by atoms with Crippen LogP contribution in [0.2, 0.25) is 0 Å². The first kappa shape index (κ1) is 15.2. The zero-order chi connectivity index (χ0) is 14.6. The van der Waals surface area contributed by atoms with Gasteiger partial charge in [0.15, 0.2) is 0 Å². The normalized spacial score (nSPS) is 11.7. The third kappa shape index (κ3) is 3.92. The van der Waals surface area contributed by atoms with Crippen molar-refractivity contribution in [2.75, 3.05) is 7.05 Å². The summed E-state index contributed by atoms with van der Waals surface area (Å²) in [7, 11) is -2.16. The zero-order valence-electron chi connectivity index (χ0n) is 10.9. The highest BCUT2D eigenvalue weighted by Crippen LogP contribution is 2.14. The molecule has 5 nitrogen and oxygen atoms in total. The fourth-order valence-electron chi connectivity index (χ4n) is 1.68. The first-order chi connectivity index (χ1) is 9.51. The first-order valence-corrected chi connectivity index (χ1v) is 8.26. The van der Waals surface area contributed by atoms with E-state index in [2.05, 4.69) is 26.0 Å². The van der Waals surface area contributed by atoms with Gasteiger partial charge in [0.1, 0.15) is 5.76 Å². The molecule has 0 aliphatic rings. The molecule has 0 amide bonds. The molecule has 1 aromatic heterocycles. The Morgan fingerprint density at radius 3 is 2.70 bits per heavy atom. The lowest BCUT2D eigenvalue weighted by molar-refractivity contribution is 0.400. The molecule has 108 valence electrons. The quantitative estimate of drug-likeness (QED) is 0.830. The van der Waals surface area contributed by atoms with Crippen LogP contribution < -0.4 is 10.0 Å². The smallest absolute Gasteiger partial charge is 0.273 e. The van der Waals surface area contributed by atoms with E-state index in [-0.39, 0.29) is 5.09 Å². The van der Waals surface area contributed by atoms with E-state index in [9.17, 15) is 8.42 Å². The summed E-state index contributed by atoms with van der Waals surface area (Å²) in [4.78, 5) is 0. The van der Waals surface area contributed by atoms with Crippen LogP contribution in [0.3, 0.4) is 0 Å². The van der Waals surface area contributed by atoms with Crippen molar-refractivity contribution >= 4 is 26.0 Å². The lowest BCUT2D eigenvalue weighted by Gasteiger charge is -2.03. The monoisotopic (exact) mass is 358 g/mol. The van der Waals surface area contributed by atoms with Crippen LogP contribution in [0.25, 0.3) is 0 Å². The number of benzene rings is 1. The minimum absolute atomic E-state index is 0.0701. The fraction of sp³-hybridized carbons (Fsp3) is 0.231. The van der Waals surface area contributed by atoms with E-state index in [4.69, 9.17) is 4.42 Å². The molecule has 0 unspecified atom stereocenters. The number of hydrogen-bond acceptors (Lipinski definition) is 4. The van der Waals surface area contributed by atoms with Crippen LogP contribution in [0.1, 0.15) is 11.3 Å². The number of hydrogen-bond donors (Lipinski definition) is 2. The summed E-state index contributed by atoms with van der Waals surface area (Å²) in [6.07, 6.45) is 0. The fourth-order valence-corrected chi connectivity index (χ4v) is 2.79. The second kappa shape index (κ2) is 6.53. The lowest BCUT2D eigenvalue weighted by atomic mass is 10.2. The van der Waals surface area contributed by atoms with Gasteiger partial charge < -0.3 is 9.73 Å². The van der Waals surface area contributed by atoms with Crippen molar-refractivity contribution in [3.05, 3.63) is 52.2 Å². The molecule has 20 heavy (non-hydrogen) atoms. The van der Waals surface area contributed by atoms with Gasteiger partial charge in [-0.25, -0.2) is 13.1 Å². The molecule has 0 fully saturated rings. The van der Waals surface area contributed by atoms with Gasteiger partial charge in [0.05, 0.1) is 6.54 Å². The van der Waals surface area contributed by atoms with E-state index < -0.39 is 10.0 Å². The molecule has 0 bridgehead atoms. The SMILES string of the molecule is CNS(=O)(=O)c1ccc(CNCc2cccc(Br)c2)o1. The summed E-state index contributed by atoms with van der Waals surface area (Å²) in [5.74, 6) is 0.578. The Hall–Kier alpha value is -1.15. The summed E-state index contributed by atoms with van der Waals surface area (Å²) in [5.41, 5.74) is 1.13. The van der Waals surface area contributed by atoms with Crippen LogP contribution in [0.4, 0.5) is 0 Å². The van der Waals surface area contributed by atoms with Crippen LogP contribution in [-0.2, 0) is 23.1 Å². The Balaban J connectivity index is 1.92. The van der Waals surface area contributed by atoms with Crippen LogP contribution in [0.15, 0.2) is 50.4 Å². The number of sulfonamides is 1. The van der Waals surface area contributed by atoms with Gasteiger partial charge in [-0.15, -0.1) is 0 Å². The largest absolute Gasteiger partial charge is 0.447 e. The molecule has 0 spiro atoms. The molecule has 0 aliphatic heterocycles. The summed E-state index contributed by atoms with van der Waals surface area (Å²) < 4.78 is 31.5. The molecule has 1 aromatic carbocycles. The van der Waals surface area contributed by atoms with Crippen LogP contribution >= 0.6 is 15.9 Å². The van der Waals surface area contributed by atoms with E-state index in [1.54, 1.807) is 6.07 Å². The Morgan fingerprint density at radius 2 is 2.00 bits per heavy atom. The average Bonchev–Trinajstić information content (AvgIpc) is 2.88. The van der Waals surface area contributed by atoms with E-state index >= 15 is 0 Å². The van der Waals surface area contributed by atoms with E-state index in [0.717, 1.165) is 10.0 Å². The van der Waals surface area contributed by atoms with Gasteiger partial charge in [0, 0.05) is 11.0 Å². The third-order valence-corrected chi connectivity index (χ3v) is 4.47. The minimum Gasteiger partial charge on any atom is -0.447 e. The summed E-state index contributed by atoms with van der Waals surface area (Å²) in [5, 5.41) is 3.13. The minimum atomic E-state index is -3.51. The van der Waals surface area contributed by atoms with Gasteiger partial charge in [0.2, 0.25) is 5.09 Å². The van der Waals surface area contributed by atoms with Gasteiger partial charge in [-0.2, -0.15) is 0 Å². The molecule has 0 radical (unpaired) electrons. The van der Waals surface area contributed by atoms with Crippen molar-refractivity contribution < 1.29 is 12.8 Å². The number of rotatable bonds is 6. The molecule has 2 aromatic rings. The molecular weight excluding hydrogens is 344 g/mol. The third-order valence-electron chi connectivity index (χ3n) is 2.69. The maximum atomic E-state index is 11.5. The molecule has 0 saturated carbocycles. The molecule has 7 heteroatoms. The Kier molecular flexibility index (Phi) is 4.98. The van der Waals surface area contributed by atoms with Crippen LogP contribution in [0, 0.1) is 0 Å². The molecule has 0 atom stereocenters. The van der Waals surface area contributed by atoms with Gasteiger partial charge in [-0.05, 0) is 36.9 Å². The maximum absolute atomic E-state index is 11.5. The van der Waals surface area contributed by atoms with Crippen molar-refractivity contribution in [1.82, 2.24) is 10.0 Å². The maximum Gasteiger partial charge on any atom is 0.273 e. The number of nitrogens with one attached hydrogen (secondary N) is 2. The predicted octanol–water partition coefficient (Wildman–Crippen LogP) is 2.24. The Morgan fingerprint density at radius 1 is 1.20 bits per heavy atom. The van der Waals surface area contributed by atoms with E-state index in [0.29, 0.717) is 18.8 Å². The standard InChI is InChI=1S/C13H15BrN2O3S/c1-15-20(17,18)13-6-5-12(19-13)9-16-8-10-3-2-4-11(14)7-10/h2-7,15-16H,8-9H2,1H3. The zero-order valence-corrected chi connectivity index (χ0v) is 13.3. The summed E-state index contributed by atoms with van der Waals surface area (Å²) >= 11 is 3.41. The van der Waals surface area contributed by atoms with Crippen molar-refractivity contribution in [1.29, 1.82) is 0 Å². The van der Waals surface area contributed by atoms with Crippen LogP contribution in [0.5, 0.6) is 0 Å². The number of furan rings is 1. The van der Waals surface area contributed by atoms with Crippen molar-refractivity contribution in [3.8, 4) is 0 Å². The topological polar surface area (TPSA) is 71.3 Å². The molecule has 0 saturated heterocycles. The second-order valence-electron chi connectivity index (χ2n) is 4.16. The van der Waals surface area contributed by atoms with E-state index in [1.165, 1.54) is 13.1 Å². The second-order valence-corrected chi connectivity index (χ2v) is 6.89. The highest BCUT2D eigenvalue weighted by atomic mass is 79.9. The van der Waals surface area contributed by atoms with Gasteiger partial charge in [-0.1, -0.05) is 28.1 Å². The molecule has 0 aliphatic carbocycles. The van der Waals surface area contributed by atoms with Crippen molar-refractivity contribution in [2.24, 2.45) is 0 Å². The summed E-state index contributed by atoms with van der Waals surface area (Å²) in [6, 6.07) is 11.1. The summed E-state index contributed by atoms with van der Waals surface area (Å²) in [6.45, 7) is 1.14. The van der Waals surface area contributed by atoms with Gasteiger partial charge in [-0.3, -0.25) is 0 Å². The number of halogens is 1. The average molecular weight is 359 g/mol. The van der Waals surface area contributed by atoms with Crippen molar-refractivity contribution in [2.45, 2.75) is 18.2 Å². The molecule has 1 heterocycles. The van der Waals surface area contributed by atoms with Gasteiger partial charge >= 0.3 is 0 Å². The molecule has 2 rings (SSSR count).